The maximum atomic E-state index is 7.44. The van der Waals surface area contributed by atoms with E-state index < -0.39 is 0 Å². The van der Waals surface area contributed by atoms with Crippen LogP contribution in [-0.4, -0.2) is 22.7 Å². The molecule has 7 heterocycles. The maximum Gasteiger partial charge on any atom is 0.159 e. The summed E-state index contributed by atoms with van der Waals surface area (Å²) in [5, 5.41) is 16.8. The van der Waals surface area contributed by atoms with Gasteiger partial charge < -0.3 is 27.1 Å². The van der Waals surface area contributed by atoms with Crippen LogP contribution in [-0.2, 0) is 0 Å². The second-order valence-corrected chi connectivity index (χ2v) is 29.0. The molecule has 0 unspecified atom stereocenters. The van der Waals surface area contributed by atoms with Crippen LogP contribution in [0.5, 0.6) is 0 Å². The molecule has 0 radical (unpaired) electrons. The van der Waals surface area contributed by atoms with E-state index in [2.05, 4.69) is 393 Å². The second-order valence-electron chi connectivity index (χ2n) is 29.0. The standard InChI is InChI=1S/C102H61N5O/c1-5-23-62(24-6-1)68-59-81(63-25-7-2-8-26-63)98-85-58-67(66-44-52-91-83(57-66)73-32-14-18-38-87(73)104(91)70-29-11-4-12-30-70)46-54-93(85)106(96(98)60-68)94-41-21-36-80-99-76(35-22-42-97(99)108-102(80)94)77-49-50-78-75-48-47-71(61-95(75)107-89-40-20-16-34-79(89)100(77)101(78)107)105-88-39-19-15-33-74(88)84-56-65(45-53-92(84)105)64-43-51-90-82(55-64)72-31-13-17-37-86(72)103(90)69-27-9-3-10-28-69/h1-61H. The Kier molecular flexibility index (Phi) is 12.3. The van der Waals surface area contributed by atoms with Gasteiger partial charge in [-0.05, 0) is 189 Å². The van der Waals surface area contributed by atoms with Gasteiger partial charge in [0.05, 0.1) is 66.4 Å². The Morgan fingerprint density at radius 3 is 1.21 bits per heavy atom. The van der Waals surface area contributed by atoms with Gasteiger partial charge >= 0.3 is 0 Å². The van der Waals surface area contributed by atoms with E-state index in [1.807, 2.05) is 0 Å². The number of para-hydroxylation sites is 7. The second kappa shape index (κ2) is 22.5. The SMILES string of the molecule is c1ccc(-c2cc(-c3ccccc3)c3c4cc(-c5ccc6c(c5)c5ccccc5n6-c5ccccc5)ccc4n(-c4cccc5c4oc4cccc(-c6ccc7c8ccc(-n9c%10ccccc%10c%10cc(-c%11ccc%12c(c%11)c%11ccccc%11n%12-c%11ccccc%11)ccc%109)cc8n8c9ccccc9c6c78)c45)c3c2)cc1. The first-order valence-corrected chi connectivity index (χ1v) is 37.2. The van der Waals surface area contributed by atoms with Gasteiger partial charge in [-0.25, -0.2) is 0 Å². The average Bonchev–Trinajstić information content (AvgIpc) is 1.54. The Morgan fingerprint density at radius 1 is 0.185 bits per heavy atom. The van der Waals surface area contributed by atoms with Gasteiger partial charge in [-0.15, -0.1) is 0 Å². The maximum absolute atomic E-state index is 7.44. The molecule has 17 aromatic carbocycles. The van der Waals surface area contributed by atoms with Gasteiger partial charge in [0.25, 0.3) is 0 Å². The average molecular weight is 1370 g/mol. The van der Waals surface area contributed by atoms with Crippen molar-refractivity contribution in [3.8, 4) is 78.4 Å². The van der Waals surface area contributed by atoms with Crippen molar-refractivity contribution in [3.05, 3.63) is 370 Å². The molecule has 24 aromatic rings. The molecule has 0 N–H and O–H groups in total. The highest BCUT2D eigenvalue weighted by Crippen LogP contribution is 2.51. The lowest BCUT2D eigenvalue weighted by Gasteiger charge is -2.12. The molecule has 0 atom stereocenters. The van der Waals surface area contributed by atoms with Crippen LogP contribution in [0.25, 0.3) is 226 Å². The number of benzene rings is 17. The molecule has 0 spiro atoms. The molecular formula is C102H61N5O. The van der Waals surface area contributed by atoms with Crippen LogP contribution in [0, 0.1) is 0 Å². The van der Waals surface area contributed by atoms with Crippen LogP contribution in [0.1, 0.15) is 0 Å². The van der Waals surface area contributed by atoms with Gasteiger partial charge in [0.1, 0.15) is 5.58 Å². The van der Waals surface area contributed by atoms with Crippen LogP contribution in [0.3, 0.4) is 0 Å². The van der Waals surface area contributed by atoms with E-state index in [0.717, 1.165) is 94.5 Å². The van der Waals surface area contributed by atoms with E-state index in [4.69, 9.17) is 4.42 Å². The fourth-order valence-corrected chi connectivity index (χ4v) is 18.8. The minimum absolute atomic E-state index is 0.834. The van der Waals surface area contributed by atoms with Crippen molar-refractivity contribution >= 4 is 147 Å². The highest BCUT2D eigenvalue weighted by Gasteiger charge is 2.28. The highest BCUT2D eigenvalue weighted by molar-refractivity contribution is 6.30. The molecule has 0 fully saturated rings. The van der Waals surface area contributed by atoms with Crippen LogP contribution >= 0.6 is 0 Å². The van der Waals surface area contributed by atoms with Gasteiger partial charge in [0.15, 0.2) is 5.58 Å². The van der Waals surface area contributed by atoms with Crippen molar-refractivity contribution in [2.75, 3.05) is 0 Å². The summed E-state index contributed by atoms with van der Waals surface area (Å²) < 4.78 is 19.7. The molecule has 0 saturated carbocycles. The first-order chi connectivity index (χ1) is 53.6. The van der Waals surface area contributed by atoms with Crippen molar-refractivity contribution in [1.82, 2.24) is 22.7 Å². The van der Waals surface area contributed by atoms with Crippen LogP contribution in [0.2, 0.25) is 0 Å². The molecule has 500 valence electrons. The van der Waals surface area contributed by atoms with Crippen molar-refractivity contribution in [2.45, 2.75) is 0 Å². The zero-order valence-electron chi connectivity index (χ0n) is 58.4. The summed E-state index contributed by atoms with van der Waals surface area (Å²) in [6.45, 7) is 0. The normalized spacial score (nSPS) is 12.3. The number of hydrogen-bond donors (Lipinski definition) is 0. The van der Waals surface area contributed by atoms with Gasteiger partial charge in [-0.3, -0.25) is 0 Å². The molecule has 6 nitrogen and oxygen atoms in total. The molecule has 108 heavy (non-hydrogen) atoms. The lowest BCUT2D eigenvalue weighted by Crippen LogP contribution is -1.95. The van der Waals surface area contributed by atoms with Crippen molar-refractivity contribution < 1.29 is 4.42 Å². The summed E-state index contributed by atoms with van der Waals surface area (Å²) in [6.07, 6.45) is 0. The van der Waals surface area contributed by atoms with Crippen LogP contribution in [0.4, 0.5) is 0 Å². The summed E-state index contributed by atoms with van der Waals surface area (Å²) in [5.41, 5.74) is 30.6. The Balaban J connectivity index is 0.672. The summed E-state index contributed by atoms with van der Waals surface area (Å²) in [5.74, 6) is 0. The summed E-state index contributed by atoms with van der Waals surface area (Å²) in [7, 11) is 0. The minimum atomic E-state index is 0.834. The summed E-state index contributed by atoms with van der Waals surface area (Å²) >= 11 is 0. The highest BCUT2D eigenvalue weighted by atomic mass is 16.3. The van der Waals surface area contributed by atoms with Crippen molar-refractivity contribution in [3.63, 3.8) is 0 Å². The lowest BCUT2D eigenvalue weighted by molar-refractivity contribution is 0.666. The first-order valence-electron chi connectivity index (χ1n) is 37.2. The van der Waals surface area contributed by atoms with E-state index in [-0.39, 0.29) is 0 Å². The van der Waals surface area contributed by atoms with Crippen LogP contribution < -0.4 is 0 Å². The Hall–Kier alpha value is -14.5. The molecular weight excluding hydrogens is 1310 g/mol. The van der Waals surface area contributed by atoms with E-state index in [1.165, 1.54) is 131 Å². The monoisotopic (exact) mass is 1370 g/mol. The number of furan rings is 1. The van der Waals surface area contributed by atoms with E-state index in [0.29, 0.717) is 0 Å². The third-order valence-corrected chi connectivity index (χ3v) is 23.4. The predicted octanol–water partition coefficient (Wildman–Crippen LogP) is 27.5. The molecule has 0 saturated heterocycles. The fraction of sp³-hybridized carbons (Fsp3) is 0. The molecule has 0 aliphatic rings. The van der Waals surface area contributed by atoms with Gasteiger partial charge in [-0.1, -0.05) is 237 Å². The van der Waals surface area contributed by atoms with Gasteiger partial charge in [0, 0.05) is 92.5 Å². The minimum Gasteiger partial charge on any atom is -0.454 e. The summed E-state index contributed by atoms with van der Waals surface area (Å²) in [6, 6.07) is 137. The van der Waals surface area contributed by atoms with E-state index >= 15 is 0 Å². The topological polar surface area (TPSA) is 37.3 Å². The zero-order chi connectivity index (χ0) is 70.4. The molecule has 0 amide bonds. The smallest absolute Gasteiger partial charge is 0.159 e. The predicted molar refractivity (Wildman–Crippen MR) is 453 cm³/mol. The molecule has 7 aromatic heterocycles. The number of rotatable bonds is 9. The van der Waals surface area contributed by atoms with Gasteiger partial charge in [0.2, 0.25) is 0 Å². The van der Waals surface area contributed by atoms with Crippen LogP contribution in [0.15, 0.2) is 374 Å². The summed E-state index contributed by atoms with van der Waals surface area (Å²) in [4.78, 5) is 0. The molecule has 0 aliphatic carbocycles. The zero-order valence-corrected chi connectivity index (χ0v) is 58.4. The molecule has 24 rings (SSSR count). The molecule has 6 heteroatoms. The third-order valence-electron chi connectivity index (χ3n) is 23.4. The Bertz CT molecular complexity index is 7900. The Morgan fingerprint density at radius 2 is 0.630 bits per heavy atom. The quantitative estimate of drug-likeness (QED) is 0.142. The largest absolute Gasteiger partial charge is 0.454 e. The lowest BCUT2D eigenvalue weighted by atomic mass is 9.93. The Labute approximate surface area is 618 Å². The van der Waals surface area contributed by atoms with E-state index in [9.17, 15) is 0 Å². The number of aromatic nitrogens is 5. The van der Waals surface area contributed by atoms with Gasteiger partial charge in [-0.2, -0.15) is 0 Å². The van der Waals surface area contributed by atoms with Crippen molar-refractivity contribution in [1.29, 1.82) is 0 Å². The molecule has 0 bridgehead atoms. The number of hydrogen-bond acceptors (Lipinski definition) is 1. The molecule has 0 aliphatic heterocycles. The number of fused-ring (bicyclic) bond motifs is 21. The fourth-order valence-electron chi connectivity index (χ4n) is 18.8. The first kappa shape index (κ1) is 59.0. The van der Waals surface area contributed by atoms with Crippen molar-refractivity contribution in [2.24, 2.45) is 0 Å². The third kappa shape index (κ3) is 8.36. The van der Waals surface area contributed by atoms with E-state index in [1.54, 1.807) is 0 Å². The number of nitrogens with zero attached hydrogens (tertiary/aromatic N) is 5.